The van der Waals surface area contributed by atoms with Gasteiger partial charge < -0.3 is 10.6 Å². The maximum absolute atomic E-state index is 12.2. The third-order valence-corrected chi connectivity index (χ3v) is 4.00. The molecule has 2 aromatic rings. The molecule has 3 rings (SSSR count). The highest BCUT2D eigenvalue weighted by molar-refractivity contribution is 5.88. The Morgan fingerprint density at radius 1 is 1.29 bits per heavy atom. The van der Waals surface area contributed by atoms with Gasteiger partial charge in [-0.25, -0.2) is 4.79 Å². The number of urea groups is 1. The van der Waals surface area contributed by atoms with Gasteiger partial charge in [-0.2, -0.15) is 5.10 Å². The van der Waals surface area contributed by atoms with Crippen molar-refractivity contribution in [1.29, 1.82) is 0 Å². The van der Waals surface area contributed by atoms with E-state index < -0.39 is 0 Å². The Kier molecular flexibility index (Phi) is 4.79. The quantitative estimate of drug-likeness (QED) is 0.783. The molecule has 0 fully saturated rings. The number of anilines is 1. The van der Waals surface area contributed by atoms with E-state index in [2.05, 4.69) is 27.1 Å². The van der Waals surface area contributed by atoms with Crippen LogP contribution in [-0.4, -0.2) is 28.3 Å². The first-order valence-electron chi connectivity index (χ1n) is 8.11. The molecule has 7 heteroatoms. The van der Waals surface area contributed by atoms with Gasteiger partial charge in [0.25, 0.3) is 0 Å². The van der Waals surface area contributed by atoms with Crippen LogP contribution in [0.25, 0.3) is 0 Å². The van der Waals surface area contributed by atoms with Gasteiger partial charge in [0, 0.05) is 18.8 Å². The Balaban J connectivity index is 1.54. The number of nitrogens with one attached hydrogen (secondary N) is 3. The van der Waals surface area contributed by atoms with Gasteiger partial charge in [0.15, 0.2) is 5.82 Å². The van der Waals surface area contributed by atoms with Crippen LogP contribution in [0, 0.1) is 0 Å². The molecular formula is C17H21N5O2. The lowest BCUT2D eigenvalue weighted by Gasteiger charge is -2.14. The number of hydrogen-bond donors (Lipinski definition) is 3. The van der Waals surface area contributed by atoms with Gasteiger partial charge in [0.2, 0.25) is 5.91 Å². The van der Waals surface area contributed by atoms with Crippen molar-refractivity contribution in [3.05, 3.63) is 47.7 Å². The first-order valence-corrected chi connectivity index (χ1v) is 8.11. The molecule has 1 aromatic heterocycles. The molecule has 7 nitrogen and oxygen atoms in total. The average Bonchev–Trinajstić information content (AvgIpc) is 3.15. The van der Waals surface area contributed by atoms with Crippen molar-refractivity contribution in [3.63, 3.8) is 0 Å². The van der Waals surface area contributed by atoms with Crippen LogP contribution >= 0.6 is 0 Å². The summed E-state index contributed by atoms with van der Waals surface area (Å²) in [7, 11) is 0. The predicted molar refractivity (Wildman–Crippen MR) is 90.6 cm³/mol. The molecule has 1 aromatic carbocycles. The lowest BCUT2D eigenvalue weighted by atomic mass is 10.1. The van der Waals surface area contributed by atoms with E-state index in [-0.39, 0.29) is 24.5 Å². The monoisotopic (exact) mass is 327 g/mol. The maximum atomic E-state index is 12.2. The van der Waals surface area contributed by atoms with Crippen molar-refractivity contribution in [3.8, 4) is 0 Å². The molecule has 3 amide bonds. The normalized spacial score (nSPS) is 15.6. The molecule has 24 heavy (non-hydrogen) atoms. The maximum Gasteiger partial charge on any atom is 0.320 e. The van der Waals surface area contributed by atoms with E-state index in [0.717, 1.165) is 12.8 Å². The summed E-state index contributed by atoms with van der Waals surface area (Å²) in [4.78, 5) is 23.7. The number of hydrogen-bond acceptors (Lipinski definition) is 3. The van der Waals surface area contributed by atoms with Crippen LogP contribution in [0.2, 0.25) is 0 Å². The minimum absolute atomic E-state index is 0.0265. The molecule has 0 spiro atoms. The summed E-state index contributed by atoms with van der Waals surface area (Å²) in [6, 6.07) is 9.55. The van der Waals surface area contributed by atoms with Crippen molar-refractivity contribution in [1.82, 2.24) is 20.4 Å². The topological polar surface area (TPSA) is 88.0 Å². The molecule has 1 aliphatic carbocycles. The van der Waals surface area contributed by atoms with E-state index >= 15 is 0 Å². The number of nitrogens with zero attached hydrogens (tertiary/aromatic N) is 2. The Morgan fingerprint density at radius 2 is 2.12 bits per heavy atom. The molecule has 0 unspecified atom stereocenters. The minimum atomic E-state index is -0.292. The summed E-state index contributed by atoms with van der Waals surface area (Å²) in [5.41, 5.74) is 2.46. The largest absolute Gasteiger partial charge is 0.355 e. The molecule has 1 aliphatic rings. The van der Waals surface area contributed by atoms with Gasteiger partial charge >= 0.3 is 6.03 Å². The summed E-state index contributed by atoms with van der Waals surface area (Å²) in [5.74, 6) is 0.308. The molecule has 0 bridgehead atoms. The van der Waals surface area contributed by atoms with Gasteiger partial charge in [0.05, 0.1) is 6.04 Å². The molecule has 0 aliphatic heterocycles. The molecule has 1 atom stereocenters. The average molecular weight is 327 g/mol. The fourth-order valence-electron chi connectivity index (χ4n) is 2.93. The third-order valence-electron chi connectivity index (χ3n) is 4.00. The number of aromatic nitrogens is 2. The number of carbonyl (C=O) groups is 2. The Labute approximate surface area is 140 Å². The fraction of sp³-hybridized carbons (Fsp3) is 0.353. The minimum Gasteiger partial charge on any atom is -0.355 e. The number of carbonyl (C=O) groups excluding carboxylic acids is 2. The van der Waals surface area contributed by atoms with E-state index in [4.69, 9.17) is 0 Å². The molecule has 0 saturated heterocycles. The smallest absolute Gasteiger partial charge is 0.320 e. The Hall–Kier alpha value is -2.83. The van der Waals surface area contributed by atoms with Crippen LogP contribution < -0.4 is 16.0 Å². The lowest BCUT2D eigenvalue weighted by molar-refractivity contribution is -0.121. The highest BCUT2D eigenvalue weighted by Gasteiger charge is 2.23. The molecule has 0 saturated carbocycles. The SMILES string of the molecule is CCNC(=O)Cn1ccc(NC(=O)N[C@H]2CCc3ccccc32)n1. The van der Waals surface area contributed by atoms with Gasteiger partial charge in [-0.3, -0.25) is 14.8 Å². The summed E-state index contributed by atoms with van der Waals surface area (Å²) >= 11 is 0. The van der Waals surface area contributed by atoms with E-state index in [1.54, 1.807) is 12.3 Å². The van der Waals surface area contributed by atoms with E-state index in [1.165, 1.54) is 15.8 Å². The van der Waals surface area contributed by atoms with Gasteiger partial charge in [-0.1, -0.05) is 24.3 Å². The number of likely N-dealkylation sites (N-methyl/N-ethyl adjacent to an activating group) is 1. The lowest BCUT2D eigenvalue weighted by Crippen LogP contribution is -2.32. The van der Waals surface area contributed by atoms with E-state index in [0.29, 0.717) is 12.4 Å². The standard InChI is InChI=1S/C17H21N5O2/c1-2-18-16(23)11-22-10-9-15(21-22)20-17(24)19-14-8-7-12-5-3-4-6-13(12)14/h3-6,9-10,14H,2,7-8,11H2,1H3,(H,18,23)(H2,19,20,21,24)/t14-/m0/s1. The number of amides is 3. The van der Waals surface area contributed by atoms with Crippen molar-refractivity contribution in [2.45, 2.75) is 32.4 Å². The second kappa shape index (κ2) is 7.16. The molecule has 3 N–H and O–H groups in total. The van der Waals surface area contributed by atoms with Crippen LogP contribution in [0.1, 0.15) is 30.5 Å². The first-order chi connectivity index (χ1) is 11.7. The first kappa shape index (κ1) is 16.0. The summed E-state index contributed by atoms with van der Waals surface area (Å²) in [5, 5.41) is 12.6. The molecule has 0 radical (unpaired) electrons. The highest BCUT2D eigenvalue weighted by Crippen LogP contribution is 2.30. The zero-order valence-electron chi connectivity index (χ0n) is 13.6. The highest BCUT2D eigenvalue weighted by atomic mass is 16.2. The van der Waals surface area contributed by atoms with Crippen LogP contribution in [0.5, 0.6) is 0 Å². The van der Waals surface area contributed by atoms with Crippen molar-refractivity contribution < 1.29 is 9.59 Å². The molecule has 126 valence electrons. The Bertz CT molecular complexity index is 740. The third kappa shape index (κ3) is 3.73. The van der Waals surface area contributed by atoms with Crippen molar-refractivity contribution >= 4 is 17.8 Å². The number of aryl methyl sites for hydroxylation is 1. The van der Waals surface area contributed by atoms with E-state index in [1.807, 2.05) is 25.1 Å². The van der Waals surface area contributed by atoms with Crippen LogP contribution in [-0.2, 0) is 17.8 Å². The number of fused-ring (bicyclic) bond motifs is 1. The zero-order chi connectivity index (χ0) is 16.9. The van der Waals surface area contributed by atoms with Crippen LogP contribution in [0.3, 0.4) is 0 Å². The summed E-state index contributed by atoms with van der Waals surface area (Å²) in [6.07, 6.45) is 3.54. The second-order valence-electron chi connectivity index (χ2n) is 5.74. The molecule has 1 heterocycles. The Morgan fingerprint density at radius 3 is 2.96 bits per heavy atom. The van der Waals surface area contributed by atoms with Gasteiger partial charge in [0.1, 0.15) is 6.54 Å². The van der Waals surface area contributed by atoms with Crippen molar-refractivity contribution in [2.75, 3.05) is 11.9 Å². The predicted octanol–water partition coefficient (Wildman–Crippen LogP) is 1.83. The molecular weight excluding hydrogens is 306 g/mol. The fourth-order valence-corrected chi connectivity index (χ4v) is 2.93. The summed E-state index contributed by atoms with van der Waals surface area (Å²) < 4.78 is 1.49. The van der Waals surface area contributed by atoms with Gasteiger partial charge in [-0.05, 0) is 30.9 Å². The number of benzene rings is 1. The van der Waals surface area contributed by atoms with Gasteiger partial charge in [-0.15, -0.1) is 0 Å². The zero-order valence-corrected chi connectivity index (χ0v) is 13.6. The summed E-state index contributed by atoms with van der Waals surface area (Å²) in [6.45, 7) is 2.57. The van der Waals surface area contributed by atoms with Crippen LogP contribution in [0.4, 0.5) is 10.6 Å². The second-order valence-corrected chi connectivity index (χ2v) is 5.74. The van der Waals surface area contributed by atoms with Crippen molar-refractivity contribution in [2.24, 2.45) is 0 Å². The van der Waals surface area contributed by atoms with Crippen LogP contribution in [0.15, 0.2) is 36.5 Å². The number of rotatable bonds is 5. The van der Waals surface area contributed by atoms with E-state index in [9.17, 15) is 9.59 Å².